The van der Waals surface area contributed by atoms with Gasteiger partial charge in [-0.15, -0.1) is 11.8 Å². The third kappa shape index (κ3) is 9.30. The average Bonchev–Trinajstić information content (AvgIpc) is 3.45. The van der Waals surface area contributed by atoms with Gasteiger partial charge in [0.1, 0.15) is 41.8 Å². The zero-order valence-electron chi connectivity index (χ0n) is 32.0. The fourth-order valence-corrected chi connectivity index (χ4v) is 12.0. The minimum atomic E-state index is -1.41. The molecule has 3 saturated carbocycles. The highest BCUT2D eigenvalue weighted by atomic mass is 32.2. The molecule has 13 atom stereocenters. The van der Waals surface area contributed by atoms with Gasteiger partial charge in [-0.25, -0.2) is 4.79 Å². The Balaban J connectivity index is 1.01. The molecule has 1 aliphatic heterocycles. The molecular formula is C40H69N3O7S. The molecule has 11 heteroatoms. The molecule has 0 radical (unpaired) electrons. The third-order valence-corrected chi connectivity index (χ3v) is 15.1. The van der Waals surface area contributed by atoms with E-state index in [0.29, 0.717) is 24.3 Å². The summed E-state index contributed by atoms with van der Waals surface area (Å²) in [6, 6.07) is 0. The van der Waals surface area contributed by atoms with Gasteiger partial charge in [0.2, 0.25) is 0 Å². The Morgan fingerprint density at radius 2 is 1.82 bits per heavy atom. The van der Waals surface area contributed by atoms with Gasteiger partial charge in [0.25, 0.3) is 0 Å². The minimum absolute atomic E-state index is 0.0668. The number of amides is 1. The van der Waals surface area contributed by atoms with E-state index < -0.39 is 36.5 Å². The van der Waals surface area contributed by atoms with Crippen molar-refractivity contribution in [1.82, 2.24) is 5.32 Å². The number of nitrogens with zero attached hydrogens (tertiary/aromatic N) is 1. The number of carbonyl (C=O) groups is 1. The molecule has 4 fully saturated rings. The van der Waals surface area contributed by atoms with E-state index in [0.717, 1.165) is 79.4 Å². The molecule has 0 spiro atoms. The first kappa shape index (κ1) is 40.8. The van der Waals surface area contributed by atoms with E-state index in [-0.39, 0.29) is 23.4 Å². The number of nitrogens with two attached hydrogens (primary N) is 1. The summed E-state index contributed by atoms with van der Waals surface area (Å²) < 4.78 is 11.4. The number of amidine groups is 1. The van der Waals surface area contributed by atoms with E-state index in [1.807, 2.05) is 0 Å². The number of carbonyl (C=O) groups excluding carboxylic acids is 1. The molecule has 0 unspecified atom stereocenters. The Morgan fingerprint density at radius 1 is 1.04 bits per heavy atom. The number of ether oxygens (including phenoxy) is 2. The number of aliphatic hydroxyl groups excluding tert-OH is 4. The molecule has 1 amide bonds. The predicted octanol–water partition coefficient (Wildman–Crippen LogP) is 5.79. The summed E-state index contributed by atoms with van der Waals surface area (Å²) in [5, 5.41) is 42.3. The second-order valence-corrected chi connectivity index (χ2v) is 18.7. The number of fused-ring (bicyclic) bond motifs is 5. The highest BCUT2D eigenvalue weighted by Gasteiger charge is 2.59. The van der Waals surface area contributed by atoms with Crippen LogP contribution in [0.15, 0.2) is 16.6 Å². The fourth-order valence-electron chi connectivity index (χ4n) is 11.0. The van der Waals surface area contributed by atoms with Crippen LogP contribution >= 0.6 is 11.8 Å². The number of unbranched alkanes of at least 4 members (excludes halogenated alkanes) is 1. The Morgan fingerprint density at radius 3 is 2.57 bits per heavy atom. The lowest BCUT2D eigenvalue weighted by Gasteiger charge is -2.58. The molecule has 1 heterocycles. The number of rotatable bonds is 15. The molecule has 292 valence electrons. The second kappa shape index (κ2) is 17.8. The predicted molar refractivity (Wildman–Crippen MR) is 203 cm³/mol. The van der Waals surface area contributed by atoms with Crippen LogP contribution < -0.4 is 11.1 Å². The Kier molecular flexibility index (Phi) is 14.3. The molecule has 10 nitrogen and oxygen atoms in total. The van der Waals surface area contributed by atoms with Crippen molar-refractivity contribution in [2.24, 2.45) is 57.1 Å². The molecule has 7 N–H and O–H groups in total. The topological polar surface area (TPSA) is 167 Å². The summed E-state index contributed by atoms with van der Waals surface area (Å²) in [5.74, 6) is 5.54. The van der Waals surface area contributed by atoms with E-state index in [2.05, 4.69) is 51.0 Å². The molecule has 5 aliphatic rings. The zero-order valence-corrected chi connectivity index (χ0v) is 32.8. The van der Waals surface area contributed by atoms with Crippen LogP contribution in [0.5, 0.6) is 0 Å². The van der Waals surface area contributed by atoms with Crippen molar-refractivity contribution in [2.45, 2.75) is 154 Å². The van der Waals surface area contributed by atoms with Crippen LogP contribution in [0.25, 0.3) is 0 Å². The number of aliphatic imine (C=N–C) groups is 1. The SMILES string of the molecule is CC(C)CCC[C@@H](C)[C@H]1CC[C@H]2[C@@H]3CC=C4C[C@@H](OC(=O)NCCCCN=C(N)CS[C@@H]5O[C@H](CO)[C@H](O)[C@H](O)[C@H]5O)CC[C@]4(C)[C@H]3CC[C@]12C. The Hall–Kier alpha value is -1.37. The summed E-state index contributed by atoms with van der Waals surface area (Å²) in [4.78, 5) is 17.1. The van der Waals surface area contributed by atoms with Crippen molar-refractivity contribution in [1.29, 1.82) is 0 Å². The van der Waals surface area contributed by atoms with Crippen LogP contribution in [-0.4, -0.2) is 93.8 Å². The van der Waals surface area contributed by atoms with Crippen molar-refractivity contribution in [3.8, 4) is 0 Å². The smallest absolute Gasteiger partial charge is 0.407 e. The first-order valence-electron chi connectivity index (χ1n) is 20.1. The lowest BCUT2D eigenvalue weighted by molar-refractivity contribution is -0.205. The van der Waals surface area contributed by atoms with Crippen LogP contribution in [0.3, 0.4) is 0 Å². The van der Waals surface area contributed by atoms with Crippen molar-refractivity contribution in [3.63, 3.8) is 0 Å². The molecule has 0 aromatic carbocycles. The lowest BCUT2D eigenvalue weighted by Crippen LogP contribution is -2.57. The normalized spacial score (nSPS) is 40.2. The van der Waals surface area contributed by atoms with Crippen LogP contribution in [0, 0.1) is 46.3 Å². The first-order valence-corrected chi connectivity index (χ1v) is 21.2. The van der Waals surface area contributed by atoms with Crippen molar-refractivity contribution in [2.75, 3.05) is 25.4 Å². The van der Waals surface area contributed by atoms with Crippen LogP contribution in [0.4, 0.5) is 4.79 Å². The molecule has 51 heavy (non-hydrogen) atoms. The Bertz CT molecular complexity index is 1220. The van der Waals surface area contributed by atoms with Crippen LogP contribution in [0.1, 0.15) is 118 Å². The van der Waals surface area contributed by atoms with Gasteiger partial charge < -0.3 is 41.0 Å². The number of alkyl carbamates (subject to hydrolysis) is 1. The molecule has 0 aromatic rings. The largest absolute Gasteiger partial charge is 0.446 e. The molecule has 0 aromatic heterocycles. The molecule has 1 saturated heterocycles. The monoisotopic (exact) mass is 735 g/mol. The van der Waals surface area contributed by atoms with E-state index in [4.69, 9.17) is 15.2 Å². The molecule has 0 bridgehead atoms. The third-order valence-electron chi connectivity index (χ3n) is 13.9. The quantitative estimate of drug-likeness (QED) is 0.0528. The standard InChI is InChI=1S/C40H69N3O7S/c1-24(2)9-8-10-25(3)29-13-14-30-28-12-11-26-21-27(15-17-39(26,4)31(28)16-18-40(29,30)5)49-38(48)43-20-7-6-19-42-33(41)23-51-37-36(47)35(46)34(45)32(22-44)50-37/h11,24-25,27-32,34-37,44-47H,6-10,12-23H2,1-5H3,(H2,41,42)(H,43,48)/t25-,27+,28+,29-,30+,31+,32-,34+,35+,36-,37+,39+,40-/m1/s1. The van der Waals surface area contributed by atoms with Gasteiger partial charge in [-0.3, -0.25) is 4.99 Å². The van der Waals surface area contributed by atoms with Crippen LogP contribution in [0.2, 0.25) is 0 Å². The van der Waals surface area contributed by atoms with Crippen molar-refractivity contribution >= 4 is 23.7 Å². The average molecular weight is 736 g/mol. The van der Waals surface area contributed by atoms with Gasteiger partial charge in [0.15, 0.2) is 0 Å². The summed E-state index contributed by atoms with van der Waals surface area (Å²) >= 11 is 1.16. The lowest BCUT2D eigenvalue weighted by atomic mass is 9.47. The number of aliphatic hydroxyl groups is 4. The van der Waals surface area contributed by atoms with Gasteiger partial charge in [0.05, 0.1) is 12.4 Å². The van der Waals surface area contributed by atoms with E-state index in [1.165, 1.54) is 56.9 Å². The Labute approximate surface area is 311 Å². The molecule has 4 aliphatic carbocycles. The van der Waals surface area contributed by atoms with Gasteiger partial charge in [-0.05, 0) is 104 Å². The van der Waals surface area contributed by atoms with Crippen molar-refractivity contribution in [3.05, 3.63) is 11.6 Å². The van der Waals surface area contributed by atoms with Gasteiger partial charge in [-0.1, -0.05) is 65.5 Å². The highest BCUT2D eigenvalue weighted by molar-refractivity contribution is 8.00. The second-order valence-electron chi connectivity index (χ2n) is 17.6. The van der Waals surface area contributed by atoms with E-state index in [1.54, 1.807) is 0 Å². The summed E-state index contributed by atoms with van der Waals surface area (Å²) in [5.41, 5.74) is 7.45. The maximum Gasteiger partial charge on any atom is 0.407 e. The zero-order chi connectivity index (χ0) is 36.9. The van der Waals surface area contributed by atoms with Crippen LogP contribution in [-0.2, 0) is 9.47 Å². The van der Waals surface area contributed by atoms with Gasteiger partial charge in [-0.2, -0.15) is 0 Å². The molecular weight excluding hydrogens is 667 g/mol. The number of thioether (sulfide) groups is 1. The van der Waals surface area contributed by atoms with E-state index >= 15 is 0 Å². The first-order chi connectivity index (χ1) is 24.3. The highest BCUT2D eigenvalue weighted by Crippen LogP contribution is 2.67. The maximum absolute atomic E-state index is 12.7. The van der Waals surface area contributed by atoms with Gasteiger partial charge >= 0.3 is 6.09 Å². The number of hydrogen-bond acceptors (Lipinski definition) is 9. The van der Waals surface area contributed by atoms with Gasteiger partial charge in [0, 0.05) is 19.5 Å². The fraction of sp³-hybridized carbons (Fsp3) is 0.900. The number of allylic oxidation sites excluding steroid dienone is 1. The van der Waals surface area contributed by atoms with Crippen molar-refractivity contribution < 1.29 is 34.7 Å². The number of hydrogen-bond donors (Lipinski definition) is 6. The van der Waals surface area contributed by atoms with E-state index in [9.17, 15) is 25.2 Å². The minimum Gasteiger partial charge on any atom is -0.446 e. The summed E-state index contributed by atoms with van der Waals surface area (Å²) in [6.45, 7) is 13.0. The molecule has 5 rings (SSSR count). The summed E-state index contributed by atoms with van der Waals surface area (Å²) in [7, 11) is 0. The maximum atomic E-state index is 12.7. The summed E-state index contributed by atoms with van der Waals surface area (Å²) in [6.07, 6.45) is 12.3. The number of nitrogens with one attached hydrogen (secondary N) is 1.